The molecule has 0 spiro atoms. The summed E-state index contributed by atoms with van der Waals surface area (Å²) in [7, 11) is 0. The van der Waals surface area contributed by atoms with Crippen molar-refractivity contribution in [3.63, 3.8) is 0 Å². The Morgan fingerprint density at radius 1 is 0.867 bits per heavy atom. The van der Waals surface area contributed by atoms with Crippen LogP contribution >= 0.6 is 0 Å². The third-order valence-electron chi connectivity index (χ3n) is 4.99. The molecule has 0 fully saturated rings. The molecule has 0 saturated heterocycles. The lowest BCUT2D eigenvalue weighted by Crippen LogP contribution is -2.40. The van der Waals surface area contributed by atoms with Crippen molar-refractivity contribution in [2.75, 3.05) is 18.4 Å². The minimum absolute atomic E-state index is 0.0609. The van der Waals surface area contributed by atoms with Crippen molar-refractivity contribution in [1.82, 2.24) is 10.2 Å². The van der Waals surface area contributed by atoms with E-state index in [2.05, 4.69) is 38.3 Å². The molecule has 2 aromatic carbocycles. The van der Waals surface area contributed by atoms with E-state index in [1.165, 1.54) is 5.56 Å². The van der Waals surface area contributed by atoms with Gasteiger partial charge in [0.2, 0.25) is 5.91 Å². The molecule has 5 heteroatoms. The number of carbonyl (C=O) groups is 2. The Hall–Kier alpha value is -2.82. The maximum atomic E-state index is 12.8. The highest BCUT2D eigenvalue weighted by Crippen LogP contribution is 2.18. The van der Waals surface area contributed by atoms with Crippen molar-refractivity contribution in [1.29, 1.82) is 0 Å². The van der Waals surface area contributed by atoms with Crippen LogP contribution < -0.4 is 10.6 Å². The number of amides is 3. The Kier molecular flexibility index (Phi) is 8.90. The van der Waals surface area contributed by atoms with Gasteiger partial charge in [0.1, 0.15) is 0 Å². The summed E-state index contributed by atoms with van der Waals surface area (Å²) in [5, 5.41) is 5.97. The minimum Gasteiger partial charge on any atom is -0.350 e. The highest BCUT2D eigenvalue weighted by atomic mass is 16.2. The maximum Gasteiger partial charge on any atom is 0.321 e. The Balaban J connectivity index is 1.92. The van der Waals surface area contributed by atoms with Gasteiger partial charge in [0.05, 0.1) is 6.04 Å². The number of urea groups is 1. The zero-order valence-corrected chi connectivity index (χ0v) is 18.8. The van der Waals surface area contributed by atoms with E-state index in [0.717, 1.165) is 11.3 Å². The Bertz CT molecular complexity index is 801. The molecule has 0 aromatic heterocycles. The molecule has 2 aromatic rings. The molecule has 0 heterocycles. The van der Waals surface area contributed by atoms with Gasteiger partial charge in [0, 0.05) is 25.2 Å². The molecule has 0 bridgehead atoms. The minimum atomic E-state index is -0.176. The van der Waals surface area contributed by atoms with Crippen molar-refractivity contribution in [3.8, 4) is 0 Å². The van der Waals surface area contributed by atoms with Crippen LogP contribution in [0.5, 0.6) is 0 Å². The number of nitrogens with one attached hydrogen (secondary N) is 2. The molecule has 162 valence electrons. The predicted octanol–water partition coefficient (Wildman–Crippen LogP) is 5.57. The highest BCUT2D eigenvalue weighted by Gasteiger charge is 2.17. The quantitative estimate of drug-likeness (QED) is 0.569. The molecule has 2 N–H and O–H groups in total. The molecule has 1 atom stereocenters. The molecule has 0 aliphatic rings. The van der Waals surface area contributed by atoms with Crippen molar-refractivity contribution in [2.24, 2.45) is 5.92 Å². The van der Waals surface area contributed by atoms with Gasteiger partial charge in [-0.25, -0.2) is 4.79 Å². The average molecular weight is 410 g/mol. The Morgan fingerprint density at radius 3 is 2.07 bits per heavy atom. The fraction of sp³-hybridized carbons (Fsp3) is 0.440. The summed E-state index contributed by atoms with van der Waals surface area (Å²) in [6.45, 7) is 11.3. The largest absolute Gasteiger partial charge is 0.350 e. The number of carbonyl (C=O) groups excluding carboxylic acids is 2. The molecule has 3 amide bonds. The molecule has 30 heavy (non-hydrogen) atoms. The summed E-state index contributed by atoms with van der Waals surface area (Å²) in [4.78, 5) is 27.0. The van der Waals surface area contributed by atoms with E-state index in [9.17, 15) is 9.59 Å². The number of hydrogen-bond donors (Lipinski definition) is 2. The van der Waals surface area contributed by atoms with Crippen molar-refractivity contribution < 1.29 is 9.59 Å². The third kappa shape index (κ3) is 7.54. The van der Waals surface area contributed by atoms with Crippen LogP contribution in [0.1, 0.15) is 64.1 Å². The van der Waals surface area contributed by atoms with E-state index < -0.39 is 0 Å². The molecular formula is C25H35N3O2. The summed E-state index contributed by atoms with van der Waals surface area (Å²) in [5.74, 6) is 0.698. The second kappa shape index (κ2) is 11.4. The molecule has 0 aliphatic carbocycles. The van der Waals surface area contributed by atoms with E-state index in [4.69, 9.17) is 0 Å². The third-order valence-corrected chi connectivity index (χ3v) is 4.99. The lowest BCUT2D eigenvalue weighted by molar-refractivity contribution is -0.121. The SMILES string of the molecule is CC(C)CN(CCC(=O)NC(C)c1ccccc1)C(=O)Nc1ccc(C(C)C)cc1. The van der Waals surface area contributed by atoms with E-state index in [1.54, 1.807) is 4.90 Å². The molecule has 2 rings (SSSR count). The van der Waals surface area contributed by atoms with Gasteiger partial charge in [0.25, 0.3) is 0 Å². The highest BCUT2D eigenvalue weighted by molar-refractivity contribution is 5.89. The molecule has 5 nitrogen and oxygen atoms in total. The van der Waals surface area contributed by atoms with E-state index in [0.29, 0.717) is 24.9 Å². The zero-order valence-electron chi connectivity index (χ0n) is 18.8. The smallest absolute Gasteiger partial charge is 0.321 e. The fourth-order valence-corrected chi connectivity index (χ4v) is 3.25. The van der Waals surface area contributed by atoms with Crippen LogP contribution in [0.15, 0.2) is 54.6 Å². The van der Waals surface area contributed by atoms with Crippen molar-refractivity contribution in [2.45, 2.75) is 53.0 Å². The van der Waals surface area contributed by atoms with Crippen LogP contribution in [0.2, 0.25) is 0 Å². The van der Waals surface area contributed by atoms with Crippen molar-refractivity contribution in [3.05, 3.63) is 65.7 Å². The summed E-state index contributed by atoms with van der Waals surface area (Å²) in [6.07, 6.45) is 0.267. The summed E-state index contributed by atoms with van der Waals surface area (Å²) >= 11 is 0. The van der Waals surface area contributed by atoms with Crippen LogP contribution in [0.25, 0.3) is 0 Å². The molecule has 0 saturated carbocycles. The van der Waals surface area contributed by atoms with Crippen LogP contribution in [-0.2, 0) is 4.79 Å². The monoisotopic (exact) mass is 409 g/mol. The van der Waals surface area contributed by atoms with Crippen molar-refractivity contribution >= 4 is 17.6 Å². The van der Waals surface area contributed by atoms with Gasteiger partial charge in [-0.1, -0.05) is 70.2 Å². The van der Waals surface area contributed by atoms with Gasteiger partial charge in [-0.3, -0.25) is 4.79 Å². The topological polar surface area (TPSA) is 61.4 Å². The van der Waals surface area contributed by atoms with E-state index >= 15 is 0 Å². The number of nitrogens with zero attached hydrogens (tertiary/aromatic N) is 1. The Morgan fingerprint density at radius 2 is 1.50 bits per heavy atom. The standard InChI is InChI=1S/C25H35N3O2/c1-18(2)17-28(25(30)27-23-13-11-21(12-14-23)19(3)4)16-15-24(29)26-20(5)22-9-7-6-8-10-22/h6-14,18-20H,15-17H2,1-5H3,(H,26,29)(H,27,30). The number of anilines is 1. The second-order valence-electron chi connectivity index (χ2n) is 8.50. The normalized spacial score (nSPS) is 12.0. The van der Waals surface area contributed by atoms with Crippen LogP contribution in [-0.4, -0.2) is 29.9 Å². The molecule has 0 aliphatic heterocycles. The molecule has 1 unspecified atom stereocenters. The first kappa shape index (κ1) is 23.5. The first-order valence-corrected chi connectivity index (χ1v) is 10.8. The van der Waals surface area contributed by atoms with Gasteiger partial charge in [-0.05, 0) is 42.0 Å². The van der Waals surface area contributed by atoms with Crippen LogP contribution in [0.4, 0.5) is 10.5 Å². The average Bonchev–Trinajstić information content (AvgIpc) is 2.71. The Labute approximate surface area is 180 Å². The summed E-state index contributed by atoms with van der Waals surface area (Å²) in [6, 6.07) is 17.5. The first-order chi connectivity index (χ1) is 14.3. The fourth-order valence-electron chi connectivity index (χ4n) is 3.25. The summed E-state index contributed by atoms with van der Waals surface area (Å²) in [5.41, 5.74) is 3.06. The zero-order chi connectivity index (χ0) is 22.1. The van der Waals surface area contributed by atoms with Gasteiger partial charge < -0.3 is 15.5 Å². The number of hydrogen-bond acceptors (Lipinski definition) is 2. The first-order valence-electron chi connectivity index (χ1n) is 10.8. The number of rotatable bonds is 9. The van der Waals surface area contributed by atoms with Gasteiger partial charge in [-0.2, -0.15) is 0 Å². The van der Waals surface area contributed by atoms with Gasteiger partial charge in [0.15, 0.2) is 0 Å². The van der Waals surface area contributed by atoms with E-state index in [1.807, 2.05) is 61.5 Å². The molecule has 0 radical (unpaired) electrons. The van der Waals surface area contributed by atoms with Gasteiger partial charge in [-0.15, -0.1) is 0 Å². The van der Waals surface area contributed by atoms with E-state index in [-0.39, 0.29) is 24.4 Å². The summed E-state index contributed by atoms with van der Waals surface area (Å²) < 4.78 is 0. The number of benzene rings is 2. The van der Waals surface area contributed by atoms with Gasteiger partial charge >= 0.3 is 6.03 Å². The maximum absolute atomic E-state index is 12.8. The lowest BCUT2D eigenvalue weighted by atomic mass is 10.0. The lowest BCUT2D eigenvalue weighted by Gasteiger charge is -2.25. The predicted molar refractivity (Wildman–Crippen MR) is 124 cm³/mol. The van der Waals surface area contributed by atoms with Crippen LogP contribution in [0, 0.1) is 5.92 Å². The molecular weight excluding hydrogens is 374 g/mol. The van der Waals surface area contributed by atoms with Crippen LogP contribution in [0.3, 0.4) is 0 Å². The second-order valence-corrected chi connectivity index (χ2v) is 8.50.